The zero-order chi connectivity index (χ0) is 16.0. The van der Waals surface area contributed by atoms with Crippen LogP contribution in [0.4, 0.5) is 0 Å². The van der Waals surface area contributed by atoms with Crippen LogP contribution < -0.4 is 0 Å². The average Bonchev–Trinajstić information content (AvgIpc) is 3.20. The summed E-state index contributed by atoms with van der Waals surface area (Å²) in [5, 5.41) is 11.3. The number of rotatable bonds is 3. The highest BCUT2D eigenvalue weighted by atomic mass is 16.5. The number of carbonyl (C=O) groups is 1. The molecule has 1 N–H and O–H groups in total. The Balaban J connectivity index is 1.62. The monoisotopic (exact) mass is 316 g/mol. The van der Waals surface area contributed by atoms with E-state index in [0.29, 0.717) is 31.4 Å². The van der Waals surface area contributed by atoms with Crippen molar-refractivity contribution in [1.82, 2.24) is 20.3 Å². The first-order valence-electron chi connectivity index (χ1n) is 8.02. The Hall–Kier alpha value is -2.15. The standard InChI is InChI=1S/C16H20N4O3/c1-9-15(10(2)18-17-9)13-8-22-6-5-20(13)16(21)14-7-12(19-23-14)11-3-4-11/h7,11,13H,3-6,8H2,1-2H3,(H,17,18). The van der Waals surface area contributed by atoms with Gasteiger partial charge in [0.05, 0.1) is 30.6 Å². The summed E-state index contributed by atoms with van der Waals surface area (Å²) in [6.45, 7) is 5.44. The molecule has 1 aliphatic carbocycles. The van der Waals surface area contributed by atoms with Crippen LogP contribution in [0.3, 0.4) is 0 Å². The number of carbonyl (C=O) groups excluding carboxylic acids is 1. The molecule has 3 heterocycles. The van der Waals surface area contributed by atoms with E-state index >= 15 is 0 Å². The van der Waals surface area contributed by atoms with E-state index in [0.717, 1.165) is 35.5 Å². The lowest BCUT2D eigenvalue weighted by atomic mass is 10.0. The Morgan fingerprint density at radius 2 is 2.22 bits per heavy atom. The van der Waals surface area contributed by atoms with Crippen molar-refractivity contribution in [2.45, 2.75) is 38.6 Å². The highest BCUT2D eigenvalue weighted by Crippen LogP contribution is 2.39. The van der Waals surface area contributed by atoms with E-state index in [1.165, 1.54) is 0 Å². The normalized spacial score (nSPS) is 21.7. The van der Waals surface area contributed by atoms with Crippen molar-refractivity contribution in [2.24, 2.45) is 0 Å². The maximum absolute atomic E-state index is 12.9. The van der Waals surface area contributed by atoms with E-state index in [1.807, 2.05) is 18.7 Å². The highest BCUT2D eigenvalue weighted by Gasteiger charge is 2.35. The number of aromatic amines is 1. The van der Waals surface area contributed by atoms with E-state index in [9.17, 15) is 4.79 Å². The van der Waals surface area contributed by atoms with Gasteiger partial charge in [-0.15, -0.1) is 0 Å². The molecule has 0 spiro atoms. The summed E-state index contributed by atoms with van der Waals surface area (Å²) in [5.74, 6) is 0.662. The highest BCUT2D eigenvalue weighted by molar-refractivity contribution is 5.92. The van der Waals surface area contributed by atoms with Crippen LogP contribution in [0.25, 0.3) is 0 Å². The molecular formula is C16H20N4O3. The molecule has 1 unspecified atom stereocenters. The molecule has 7 nitrogen and oxygen atoms in total. The molecule has 4 rings (SSSR count). The fourth-order valence-corrected chi connectivity index (χ4v) is 3.24. The van der Waals surface area contributed by atoms with Gasteiger partial charge in [-0.05, 0) is 26.7 Å². The first-order chi connectivity index (χ1) is 11.1. The summed E-state index contributed by atoms with van der Waals surface area (Å²) in [7, 11) is 0. The lowest BCUT2D eigenvalue weighted by Crippen LogP contribution is -2.43. The number of hydrogen-bond donors (Lipinski definition) is 1. The largest absolute Gasteiger partial charge is 0.377 e. The fraction of sp³-hybridized carbons (Fsp3) is 0.562. The van der Waals surface area contributed by atoms with Crippen LogP contribution in [0, 0.1) is 13.8 Å². The number of ether oxygens (including phenoxy) is 1. The minimum atomic E-state index is -0.149. The number of nitrogens with one attached hydrogen (secondary N) is 1. The van der Waals surface area contributed by atoms with Gasteiger partial charge in [0.25, 0.3) is 5.91 Å². The van der Waals surface area contributed by atoms with Gasteiger partial charge in [-0.25, -0.2) is 0 Å². The zero-order valence-electron chi connectivity index (χ0n) is 13.3. The molecule has 0 bridgehead atoms. The third-order valence-electron chi connectivity index (χ3n) is 4.64. The molecule has 1 amide bonds. The van der Waals surface area contributed by atoms with Crippen molar-refractivity contribution in [3.63, 3.8) is 0 Å². The van der Waals surface area contributed by atoms with Gasteiger partial charge in [0.15, 0.2) is 0 Å². The minimum absolute atomic E-state index is 0.127. The van der Waals surface area contributed by atoms with Gasteiger partial charge in [0.1, 0.15) is 0 Å². The second-order valence-corrected chi connectivity index (χ2v) is 6.33. The van der Waals surface area contributed by atoms with E-state index in [4.69, 9.17) is 9.26 Å². The van der Waals surface area contributed by atoms with Gasteiger partial charge in [-0.2, -0.15) is 5.10 Å². The van der Waals surface area contributed by atoms with Crippen LogP contribution >= 0.6 is 0 Å². The number of hydrogen-bond acceptors (Lipinski definition) is 5. The molecule has 1 saturated carbocycles. The van der Waals surface area contributed by atoms with Gasteiger partial charge in [0.2, 0.25) is 5.76 Å². The maximum Gasteiger partial charge on any atom is 0.293 e. The first-order valence-corrected chi connectivity index (χ1v) is 8.02. The van der Waals surface area contributed by atoms with Crippen LogP contribution in [0.5, 0.6) is 0 Å². The summed E-state index contributed by atoms with van der Waals surface area (Å²) in [6, 6.07) is 1.64. The third-order valence-corrected chi connectivity index (χ3v) is 4.64. The predicted molar refractivity (Wildman–Crippen MR) is 81.1 cm³/mol. The molecule has 2 aromatic rings. The SMILES string of the molecule is Cc1n[nH]c(C)c1C1COCCN1C(=O)c1cc(C2CC2)no1. The Labute approximate surface area is 134 Å². The number of aryl methyl sites for hydroxylation is 2. The smallest absolute Gasteiger partial charge is 0.293 e. The summed E-state index contributed by atoms with van der Waals surface area (Å²) in [4.78, 5) is 14.7. The number of morpholine rings is 1. The second kappa shape index (κ2) is 5.49. The number of amides is 1. The summed E-state index contributed by atoms with van der Waals surface area (Å²) in [5.41, 5.74) is 3.79. The molecule has 1 aliphatic heterocycles. The summed E-state index contributed by atoms with van der Waals surface area (Å²) >= 11 is 0. The molecule has 2 aliphatic rings. The van der Waals surface area contributed by atoms with E-state index in [2.05, 4.69) is 15.4 Å². The van der Waals surface area contributed by atoms with Crippen LogP contribution in [0.15, 0.2) is 10.6 Å². The van der Waals surface area contributed by atoms with Crippen molar-refractivity contribution in [2.75, 3.05) is 19.8 Å². The summed E-state index contributed by atoms with van der Waals surface area (Å²) in [6.07, 6.45) is 2.27. The Kier molecular flexibility index (Phi) is 3.45. The van der Waals surface area contributed by atoms with Crippen LogP contribution in [-0.4, -0.2) is 45.9 Å². The molecule has 1 saturated heterocycles. The number of aromatic nitrogens is 3. The molecule has 0 radical (unpaired) electrons. The van der Waals surface area contributed by atoms with E-state index in [-0.39, 0.29) is 11.9 Å². The topological polar surface area (TPSA) is 84.2 Å². The van der Waals surface area contributed by atoms with Crippen LogP contribution in [-0.2, 0) is 4.74 Å². The van der Waals surface area contributed by atoms with Crippen LogP contribution in [0.2, 0.25) is 0 Å². The lowest BCUT2D eigenvalue weighted by molar-refractivity contribution is -0.00496. The van der Waals surface area contributed by atoms with Crippen molar-refractivity contribution in [1.29, 1.82) is 0 Å². The predicted octanol–water partition coefficient (Wildman–Crippen LogP) is 2.11. The van der Waals surface area contributed by atoms with Crippen molar-refractivity contribution < 1.29 is 14.1 Å². The van der Waals surface area contributed by atoms with Gasteiger partial charge in [-0.1, -0.05) is 5.16 Å². The first kappa shape index (κ1) is 14.4. The van der Waals surface area contributed by atoms with Crippen LogP contribution in [0.1, 0.15) is 58.0 Å². The maximum atomic E-state index is 12.9. The molecule has 1 atom stereocenters. The van der Waals surface area contributed by atoms with Crippen molar-refractivity contribution >= 4 is 5.91 Å². The van der Waals surface area contributed by atoms with Gasteiger partial charge in [0, 0.05) is 29.8 Å². The number of H-pyrrole nitrogens is 1. The molecule has 7 heteroatoms. The molecule has 23 heavy (non-hydrogen) atoms. The number of nitrogens with zero attached hydrogens (tertiary/aromatic N) is 3. The van der Waals surface area contributed by atoms with E-state index < -0.39 is 0 Å². The molecule has 2 aromatic heterocycles. The van der Waals surface area contributed by atoms with Gasteiger partial charge >= 0.3 is 0 Å². The summed E-state index contributed by atoms with van der Waals surface area (Å²) < 4.78 is 10.9. The Morgan fingerprint density at radius 1 is 1.39 bits per heavy atom. The van der Waals surface area contributed by atoms with Crippen molar-refractivity contribution in [3.05, 3.63) is 34.5 Å². The minimum Gasteiger partial charge on any atom is -0.377 e. The average molecular weight is 316 g/mol. The molecule has 0 aromatic carbocycles. The lowest BCUT2D eigenvalue weighted by Gasteiger charge is -2.35. The molecule has 122 valence electrons. The molecule has 2 fully saturated rings. The fourth-order valence-electron chi connectivity index (χ4n) is 3.24. The van der Waals surface area contributed by atoms with Crippen molar-refractivity contribution in [3.8, 4) is 0 Å². The quantitative estimate of drug-likeness (QED) is 0.937. The Morgan fingerprint density at radius 3 is 2.91 bits per heavy atom. The van der Waals surface area contributed by atoms with Gasteiger partial charge in [-0.3, -0.25) is 9.89 Å². The zero-order valence-corrected chi connectivity index (χ0v) is 13.3. The third kappa shape index (κ3) is 2.55. The Bertz CT molecular complexity index is 712. The molecular weight excluding hydrogens is 296 g/mol. The van der Waals surface area contributed by atoms with E-state index in [1.54, 1.807) is 6.07 Å². The van der Waals surface area contributed by atoms with Gasteiger partial charge < -0.3 is 14.2 Å². The second-order valence-electron chi connectivity index (χ2n) is 6.33.